The van der Waals surface area contributed by atoms with Crippen molar-refractivity contribution in [2.45, 2.75) is 17.3 Å². The van der Waals surface area contributed by atoms with Crippen LogP contribution in [0.2, 0.25) is 0 Å². The third kappa shape index (κ3) is 3.68. The normalized spacial score (nSPS) is 12.1. The van der Waals surface area contributed by atoms with Crippen LogP contribution in [-0.4, -0.2) is 41.5 Å². The molecule has 0 spiro atoms. The number of thiophene rings is 1. The summed E-state index contributed by atoms with van der Waals surface area (Å²) in [7, 11) is 2.90. The molecule has 0 aliphatic rings. The van der Waals surface area contributed by atoms with Gasteiger partial charge in [-0.1, -0.05) is 0 Å². The van der Waals surface area contributed by atoms with E-state index in [1.807, 2.05) is 0 Å². The molecule has 0 atom stereocenters. The van der Waals surface area contributed by atoms with Gasteiger partial charge in [-0.2, -0.15) is 5.10 Å². The summed E-state index contributed by atoms with van der Waals surface area (Å²) in [5.41, 5.74) is -0.572. The first-order valence-electron chi connectivity index (χ1n) is 7.01. The highest BCUT2D eigenvalue weighted by atomic mass is 35.7. The second-order valence-corrected chi connectivity index (χ2v) is 9.02. The Kier molecular flexibility index (Phi) is 4.82. The maximum atomic E-state index is 12.5. The summed E-state index contributed by atoms with van der Waals surface area (Å²) >= 11 is 0.742. The Hall–Kier alpha value is -1.95. The zero-order chi connectivity index (χ0) is 18.2. The lowest BCUT2D eigenvalue weighted by atomic mass is 10.3. The van der Waals surface area contributed by atoms with Gasteiger partial charge < -0.3 is 4.74 Å². The average molecular weight is 405 g/mol. The molecule has 0 fully saturated rings. The number of nitrogens with zero attached hydrogens (tertiary/aromatic N) is 3. The second kappa shape index (κ2) is 6.75. The molecule has 3 heterocycles. The van der Waals surface area contributed by atoms with E-state index in [1.165, 1.54) is 6.07 Å². The summed E-state index contributed by atoms with van der Waals surface area (Å²) < 4.78 is 30.2. The minimum absolute atomic E-state index is 0.00982. The van der Waals surface area contributed by atoms with Crippen molar-refractivity contribution in [3.05, 3.63) is 44.9 Å². The molecule has 0 saturated heterocycles. The zero-order valence-electron chi connectivity index (χ0n) is 12.9. The summed E-state index contributed by atoms with van der Waals surface area (Å²) in [6.45, 7) is 1.04. The molecule has 0 saturated carbocycles. The fourth-order valence-corrected chi connectivity index (χ4v) is 4.36. The Balaban J connectivity index is 2.00. The molecule has 0 unspecified atom stereocenters. The van der Waals surface area contributed by atoms with Gasteiger partial charge in [-0.05, 0) is 6.07 Å². The topological polar surface area (TPSA) is 116 Å². The summed E-state index contributed by atoms with van der Waals surface area (Å²) in [5.74, 6) is 0. The van der Waals surface area contributed by atoms with Gasteiger partial charge in [0.2, 0.25) is 0 Å². The van der Waals surface area contributed by atoms with Crippen LogP contribution in [-0.2, 0) is 26.9 Å². The fourth-order valence-electron chi connectivity index (χ4n) is 2.26. The number of H-pyrrole nitrogens is 1. The Labute approximate surface area is 149 Å². The standard InChI is InChI=1S/C13H13ClN4O5S2/c1-23-3-2-17-6-8(5-15-17)7-18-12(19)9-4-10(25(14,21)22)24-11(9)16-13(18)20/h4-6H,2-3,7H2,1H3,(H,16,20). The molecule has 25 heavy (non-hydrogen) atoms. The second-order valence-electron chi connectivity index (χ2n) is 5.17. The quantitative estimate of drug-likeness (QED) is 0.600. The van der Waals surface area contributed by atoms with Crippen LogP contribution in [0.4, 0.5) is 0 Å². The number of hydrogen-bond donors (Lipinski definition) is 1. The fraction of sp³-hybridized carbons (Fsp3) is 0.308. The van der Waals surface area contributed by atoms with Crippen molar-refractivity contribution in [3.8, 4) is 0 Å². The number of fused-ring (bicyclic) bond motifs is 1. The molecule has 3 aromatic rings. The van der Waals surface area contributed by atoms with Gasteiger partial charge in [-0.15, -0.1) is 11.3 Å². The molecule has 9 nitrogen and oxygen atoms in total. The number of ether oxygens (including phenoxy) is 1. The van der Waals surface area contributed by atoms with Gasteiger partial charge in [0.15, 0.2) is 0 Å². The molecular formula is C13H13ClN4O5S2. The van der Waals surface area contributed by atoms with Crippen LogP contribution in [0.1, 0.15) is 5.56 Å². The molecular weight excluding hydrogens is 392 g/mol. The van der Waals surface area contributed by atoms with E-state index >= 15 is 0 Å². The van der Waals surface area contributed by atoms with E-state index in [0.717, 1.165) is 15.9 Å². The first-order chi connectivity index (χ1) is 11.8. The van der Waals surface area contributed by atoms with Crippen molar-refractivity contribution < 1.29 is 13.2 Å². The number of nitrogens with one attached hydrogen (secondary N) is 1. The van der Waals surface area contributed by atoms with Gasteiger partial charge in [0.25, 0.3) is 14.6 Å². The molecule has 0 radical (unpaired) electrons. The Morgan fingerprint density at radius 2 is 2.16 bits per heavy atom. The van der Waals surface area contributed by atoms with Crippen LogP contribution in [0.25, 0.3) is 10.2 Å². The van der Waals surface area contributed by atoms with Crippen LogP contribution in [0.5, 0.6) is 0 Å². The molecule has 0 bridgehead atoms. The largest absolute Gasteiger partial charge is 0.383 e. The van der Waals surface area contributed by atoms with Crippen LogP contribution >= 0.6 is 22.0 Å². The first kappa shape index (κ1) is 17.9. The number of hydrogen-bond acceptors (Lipinski definition) is 7. The van der Waals surface area contributed by atoms with Crippen molar-refractivity contribution >= 4 is 41.3 Å². The van der Waals surface area contributed by atoms with Crippen LogP contribution in [0.3, 0.4) is 0 Å². The highest BCUT2D eigenvalue weighted by Gasteiger charge is 2.18. The molecule has 0 amide bonds. The van der Waals surface area contributed by atoms with Crippen LogP contribution < -0.4 is 11.2 Å². The Morgan fingerprint density at radius 3 is 2.84 bits per heavy atom. The maximum absolute atomic E-state index is 12.5. The third-order valence-electron chi connectivity index (χ3n) is 3.44. The van der Waals surface area contributed by atoms with E-state index in [1.54, 1.807) is 24.2 Å². The molecule has 3 rings (SSSR count). The molecule has 12 heteroatoms. The molecule has 1 N–H and O–H groups in total. The number of halogens is 1. The molecule has 3 aromatic heterocycles. The van der Waals surface area contributed by atoms with Gasteiger partial charge >= 0.3 is 5.69 Å². The first-order valence-corrected chi connectivity index (χ1v) is 10.1. The third-order valence-corrected chi connectivity index (χ3v) is 6.57. The van der Waals surface area contributed by atoms with Crippen molar-refractivity contribution in [2.24, 2.45) is 0 Å². The monoisotopic (exact) mass is 404 g/mol. The lowest BCUT2D eigenvalue weighted by molar-refractivity contribution is 0.183. The van der Waals surface area contributed by atoms with Gasteiger partial charge in [-0.3, -0.25) is 19.0 Å². The van der Waals surface area contributed by atoms with Gasteiger partial charge in [0, 0.05) is 29.6 Å². The Morgan fingerprint density at radius 1 is 1.40 bits per heavy atom. The summed E-state index contributed by atoms with van der Waals surface area (Å²) in [5, 5.41) is 4.22. The average Bonchev–Trinajstić information content (AvgIpc) is 3.15. The van der Waals surface area contributed by atoms with Crippen molar-refractivity contribution in [1.82, 2.24) is 19.3 Å². The number of rotatable bonds is 6. The van der Waals surface area contributed by atoms with E-state index in [4.69, 9.17) is 15.4 Å². The van der Waals surface area contributed by atoms with Crippen LogP contribution in [0.15, 0.2) is 32.3 Å². The lowest BCUT2D eigenvalue weighted by Crippen LogP contribution is -2.34. The minimum Gasteiger partial charge on any atom is -0.383 e. The smallest absolute Gasteiger partial charge is 0.329 e. The summed E-state index contributed by atoms with van der Waals surface area (Å²) in [6.07, 6.45) is 3.26. The lowest BCUT2D eigenvalue weighted by Gasteiger charge is -2.02. The predicted octanol–water partition coefficient (Wildman–Crippen LogP) is 0.570. The van der Waals surface area contributed by atoms with Crippen molar-refractivity contribution in [3.63, 3.8) is 0 Å². The van der Waals surface area contributed by atoms with Crippen molar-refractivity contribution in [1.29, 1.82) is 0 Å². The summed E-state index contributed by atoms with van der Waals surface area (Å²) in [6, 6.07) is 1.17. The van der Waals surface area contributed by atoms with Crippen LogP contribution in [0, 0.1) is 0 Å². The number of aromatic nitrogens is 4. The summed E-state index contributed by atoms with van der Waals surface area (Å²) in [4.78, 5) is 27.4. The highest BCUT2D eigenvalue weighted by Crippen LogP contribution is 2.27. The predicted molar refractivity (Wildman–Crippen MR) is 92.9 cm³/mol. The number of methoxy groups -OCH3 is 1. The van der Waals surface area contributed by atoms with E-state index in [9.17, 15) is 18.0 Å². The zero-order valence-corrected chi connectivity index (χ0v) is 15.3. The van der Waals surface area contributed by atoms with Gasteiger partial charge in [-0.25, -0.2) is 13.2 Å². The van der Waals surface area contributed by atoms with Gasteiger partial charge in [0.05, 0.1) is 31.3 Å². The van der Waals surface area contributed by atoms with Crippen molar-refractivity contribution in [2.75, 3.05) is 13.7 Å². The molecule has 0 aromatic carbocycles. The maximum Gasteiger partial charge on any atom is 0.329 e. The molecule has 134 valence electrons. The molecule has 0 aliphatic heterocycles. The van der Waals surface area contributed by atoms with Gasteiger partial charge in [0.1, 0.15) is 9.04 Å². The van der Waals surface area contributed by atoms with E-state index < -0.39 is 20.3 Å². The SMILES string of the molecule is COCCn1cc(Cn2c(=O)[nH]c3sc(S(=O)(=O)Cl)cc3c2=O)cn1. The number of aromatic amines is 1. The minimum atomic E-state index is -3.98. The van der Waals surface area contributed by atoms with E-state index in [2.05, 4.69) is 10.1 Å². The Bertz CT molecular complexity index is 1140. The van der Waals surface area contributed by atoms with E-state index in [0.29, 0.717) is 18.7 Å². The molecule has 0 aliphatic carbocycles. The highest BCUT2D eigenvalue weighted by molar-refractivity contribution is 8.15. The van der Waals surface area contributed by atoms with E-state index in [-0.39, 0.29) is 21.0 Å².